The van der Waals surface area contributed by atoms with Gasteiger partial charge in [0.05, 0.1) is 18.6 Å². The Morgan fingerprint density at radius 1 is 1.13 bits per heavy atom. The first-order valence-electron chi connectivity index (χ1n) is 9.60. The number of rotatable bonds is 6. The van der Waals surface area contributed by atoms with Crippen LogP contribution in [0, 0.1) is 0 Å². The number of nitrogens with zero attached hydrogens (tertiary/aromatic N) is 5. The lowest BCUT2D eigenvalue weighted by Crippen LogP contribution is -2.50. The Bertz CT molecular complexity index is 882. The fourth-order valence-electron chi connectivity index (χ4n) is 3.05. The van der Waals surface area contributed by atoms with Crippen molar-refractivity contribution in [1.82, 2.24) is 30.3 Å². The number of carboxylic acids is 2. The average molecular weight is 434 g/mol. The maximum atomic E-state index is 12.0. The van der Waals surface area contributed by atoms with Gasteiger partial charge in [0.1, 0.15) is 0 Å². The van der Waals surface area contributed by atoms with Gasteiger partial charge in [0.2, 0.25) is 23.4 Å². The first-order valence-corrected chi connectivity index (χ1v) is 9.60. The number of likely N-dealkylation sites (tertiary alicyclic amines) is 1. The molecule has 2 aromatic heterocycles. The van der Waals surface area contributed by atoms with Crippen molar-refractivity contribution in [3.05, 3.63) is 24.4 Å². The highest BCUT2D eigenvalue weighted by molar-refractivity contribution is 6.27. The number of aromatic nitrogens is 4. The minimum absolute atomic E-state index is 0.0258. The van der Waals surface area contributed by atoms with Gasteiger partial charge in [-0.3, -0.25) is 9.69 Å². The van der Waals surface area contributed by atoms with Crippen LogP contribution in [0.3, 0.4) is 0 Å². The molecule has 1 unspecified atom stereocenters. The Morgan fingerprint density at radius 2 is 1.84 bits per heavy atom. The highest BCUT2D eigenvalue weighted by Gasteiger charge is 2.34. The molecule has 0 radical (unpaired) electrons. The van der Waals surface area contributed by atoms with E-state index >= 15 is 0 Å². The number of aliphatic carboxylic acids is 2. The summed E-state index contributed by atoms with van der Waals surface area (Å²) in [4.78, 5) is 44.8. The Balaban J connectivity index is 0.000000401. The average Bonchev–Trinajstić information content (AvgIpc) is 3.42. The van der Waals surface area contributed by atoms with Crippen LogP contribution in [0.25, 0.3) is 11.6 Å². The van der Waals surface area contributed by atoms with E-state index in [0.29, 0.717) is 30.6 Å². The molecule has 3 N–H and O–H groups in total. The molecule has 0 saturated carbocycles. The maximum Gasteiger partial charge on any atom is 0.414 e. The maximum absolute atomic E-state index is 12.0. The zero-order chi connectivity index (χ0) is 22.2. The second kappa shape index (κ2) is 10.5. The summed E-state index contributed by atoms with van der Waals surface area (Å²) >= 11 is 0. The lowest BCUT2D eigenvalue weighted by molar-refractivity contribution is -0.159. The summed E-state index contributed by atoms with van der Waals surface area (Å²) in [5.74, 6) is -2.07. The smallest absolute Gasteiger partial charge is 0.414 e. The Labute approximate surface area is 176 Å². The molecule has 2 saturated heterocycles. The highest BCUT2D eigenvalue weighted by Crippen LogP contribution is 2.26. The summed E-state index contributed by atoms with van der Waals surface area (Å²) in [7, 11) is 0. The van der Waals surface area contributed by atoms with Gasteiger partial charge in [0, 0.05) is 38.6 Å². The number of hydrogen-bond acceptors (Lipinski definition) is 10. The van der Waals surface area contributed by atoms with Gasteiger partial charge in [-0.25, -0.2) is 19.6 Å². The first kappa shape index (κ1) is 22.2. The second-order valence-corrected chi connectivity index (χ2v) is 6.97. The van der Waals surface area contributed by atoms with Gasteiger partial charge in [0.15, 0.2) is 0 Å². The Morgan fingerprint density at radius 3 is 2.45 bits per heavy atom. The second-order valence-electron chi connectivity index (χ2n) is 6.97. The van der Waals surface area contributed by atoms with E-state index in [9.17, 15) is 4.79 Å². The molecule has 0 spiro atoms. The van der Waals surface area contributed by atoms with E-state index in [1.54, 1.807) is 18.5 Å². The summed E-state index contributed by atoms with van der Waals surface area (Å²) in [6, 6.07) is 1.73. The van der Waals surface area contributed by atoms with Gasteiger partial charge < -0.3 is 24.8 Å². The molecule has 0 aromatic carbocycles. The molecule has 2 aliphatic heterocycles. The molecule has 2 aromatic rings. The standard InChI is InChI=1S/C16H20N6O3.C2H2O4/c23-13(19-7-12-3-1-6-24-12)10-22-8-11(9-22)16-20-15(21-25-16)14-17-4-2-5-18-14;3-1(4)2(5)6/h2,4-5,11-12H,1,3,6-10H2,(H,19,23);(H,3,4)(H,5,6). The lowest BCUT2D eigenvalue weighted by Gasteiger charge is -2.36. The van der Waals surface area contributed by atoms with Crippen molar-refractivity contribution in [2.24, 2.45) is 0 Å². The molecule has 13 nitrogen and oxygen atoms in total. The van der Waals surface area contributed by atoms with Gasteiger partial charge in [-0.05, 0) is 18.9 Å². The van der Waals surface area contributed by atoms with Crippen molar-refractivity contribution in [1.29, 1.82) is 0 Å². The van der Waals surface area contributed by atoms with Crippen LogP contribution in [-0.4, -0.2) is 92.0 Å². The molecule has 2 fully saturated rings. The van der Waals surface area contributed by atoms with E-state index in [4.69, 9.17) is 29.1 Å². The van der Waals surface area contributed by atoms with Crippen LogP contribution in [0.2, 0.25) is 0 Å². The van der Waals surface area contributed by atoms with Crippen molar-refractivity contribution >= 4 is 17.8 Å². The predicted octanol–water partition coefficient (Wildman–Crippen LogP) is -0.623. The minimum atomic E-state index is -1.82. The van der Waals surface area contributed by atoms with Gasteiger partial charge in [-0.15, -0.1) is 0 Å². The Kier molecular flexibility index (Phi) is 7.56. The van der Waals surface area contributed by atoms with Crippen molar-refractivity contribution in [3.8, 4) is 11.6 Å². The third-order valence-electron chi connectivity index (χ3n) is 4.61. The summed E-state index contributed by atoms with van der Waals surface area (Å²) < 4.78 is 10.8. The van der Waals surface area contributed by atoms with Crippen LogP contribution in [0.1, 0.15) is 24.7 Å². The minimum Gasteiger partial charge on any atom is -0.473 e. The van der Waals surface area contributed by atoms with Crippen LogP contribution >= 0.6 is 0 Å². The molecule has 1 amide bonds. The summed E-state index contributed by atoms with van der Waals surface area (Å²) in [5.41, 5.74) is 0. The third-order valence-corrected chi connectivity index (χ3v) is 4.61. The van der Waals surface area contributed by atoms with Crippen LogP contribution in [0.15, 0.2) is 23.0 Å². The molecule has 4 rings (SSSR count). The molecule has 0 bridgehead atoms. The van der Waals surface area contributed by atoms with Crippen molar-refractivity contribution < 1.29 is 33.9 Å². The van der Waals surface area contributed by atoms with Crippen molar-refractivity contribution in [2.75, 3.05) is 32.8 Å². The third kappa shape index (κ3) is 6.52. The zero-order valence-electron chi connectivity index (χ0n) is 16.5. The van der Waals surface area contributed by atoms with E-state index in [1.165, 1.54) is 0 Å². The quantitative estimate of drug-likeness (QED) is 0.491. The fourth-order valence-corrected chi connectivity index (χ4v) is 3.05. The predicted molar refractivity (Wildman–Crippen MR) is 102 cm³/mol. The number of nitrogens with one attached hydrogen (secondary N) is 1. The van der Waals surface area contributed by atoms with E-state index < -0.39 is 11.9 Å². The van der Waals surface area contributed by atoms with Gasteiger partial charge in [-0.2, -0.15) is 4.98 Å². The van der Waals surface area contributed by atoms with Gasteiger partial charge in [-0.1, -0.05) is 5.16 Å². The number of carbonyl (C=O) groups excluding carboxylic acids is 1. The van der Waals surface area contributed by atoms with Crippen LogP contribution in [-0.2, 0) is 19.1 Å². The first-order chi connectivity index (χ1) is 14.9. The highest BCUT2D eigenvalue weighted by atomic mass is 16.5. The molecule has 1 atom stereocenters. The molecule has 0 aliphatic carbocycles. The van der Waals surface area contributed by atoms with Gasteiger partial charge in [0.25, 0.3) is 0 Å². The molecule has 13 heteroatoms. The largest absolute Gasteiger partial charge is 0.473 e. The summed E-state index contributed by atoms with van der Waals surface area (Å²) in [5, 5.41) is 21.6. The van der Waals surface area contributed by atoms with E-state index in [-0.39, 0.29) is 17.9 Å². The summed E-state index contributed by atoms with van der Waals surface area (Å²) in [6.45, 7) is 3.23. The Hall–Kier alpha value is -3.45. The van der Waals surface area contributed by atoms with Crippen LogP contribution in [0.5, 0.6) is 0 Å². The fraction of sp³-hybridized carbons (Fsp3) is 0.500. The normalized spacial score (nSPS) is 18.5. The molecule has 166 valence electrons. The van der Waals surface area contributed by atoms with E-state index in [2.05, 4.69) is 30.3 Å². The molecule has 2 aliphatic rings. The SMILES string of the molecule is O=C(CN1CC(c2nc(-c3ncccn3)no2)C1)NCC1CCCO1.O=C(O)C(=O)O. The number of carboxylic acid groups (broad SMARTS) is 2. The van der Waals surface area contributed by atoms with Crippen molar-refractivity contribution in [2.45, 2.75) is 24.9 Å². The monoisotopic (exact) mass is 434 g/mol. The van der Waals surface area contributed by atoms with Gasteiger partial charge >= 0.3 is 11.9 Å². The lowest BCUT2D eigenvalue weighted by atomic mass is 10.0. The number of ether oxygens (including phenoxy) is 1. The molecular weight excluding hydrogens is 412 g/mol. The zero-order valence-corrected chi connectivity index (χ0v) is 16.5. The van der Waals surface area contributed by atoms with E-state index in [0.717, 1.165) is 32.5 Å². The summed E-state index contributed by atoms with van der Waals surface area (Å²) in [6.07, 6.45) is 5.55. The van der Waals surface area contributed by atoms with Crippen molar-refractivity contribution in [3.63, 3.8) is 0 Å². The topological polar surface area (TPSA) is 181 Å². The van der Waals surface area contributed by atoms with Crippen LogP contribution < -0.4 is 5.32 Å². The number of amides is 1. The van der Waals surface area contributed by atoms with E-state index in [1.807, 2.05) is 0 Å². The number of hydrogen-bond donors (Lipinski definition) is 3. The van der Waals surface area contributed by atoms with Crippen LogP contribution in [0.4, 0.5) is 0 Å². The molecule has 4 heterocycles. The molecular formula is C18H22N6O7. The number of carbonyl (C=O) groups is 3. The molecule has 31 heavy (non-hydrogen) atoms.